The van der Waals surface area contributed by atoms with Gasteiger partial charge in [-0.1, -0.05) is 39.5 Å². The maximum atomic E-state index is 9.05. The molecule has 2 heteroatoms. The van der Waals surface area contributed by atoms with Crippen LogP contribution in [-0.4, -0.2) is 23.3 Å². The molecule has 0 aromatic rings. The minimum atomic E-state index is 0.110. The number of aliphatic hydroxyl groups is 1. The summed E-state index contributed by atoms with van der Waals surface area (Å²) in [5, 5.41) is 12.7. The molecule has 98 valence electrons. The molecule has 0 radical (unpaired) electrons. The molecule has 0 aromatic heterocycles. The van der Waals surface area contributed by atoms with Gasteiger partial charge in [-0.2, -0.15) is 0 Å². The van der Waals surface area contributed by atoms with Crippen LogP contribution in [0, 0.1) is 0 Å². The van der Waals surface area contributed by atoms with E-state index in [4.69, 9.17) is 5.11 Å². The Morgan fingerprint density at radius 3 is 2.38 bits per heavy atom. The van der Waals surface area contributed by atoms with Crippen LogP contribution in [0.25, 0.3) is 0 Å². The Bertz CT molecular complexity index is 161. The fourth-order valence-corrected chi connectivity index (χ4v) is 2.14. The molecule has 0 saturated carbocycles. The van der Waals surface area contributed by atoms with Gasteiger partial charge in [0.25, 0.3) is 0 Å². The zero-order chi connectivity index (χ0) is 12.4. The third kappa shape index (κ3) is 7.24. The van der Waals surface area contributed by atoms with Gasteiger partial charge < -0.3 is 10.4 Å². The zero-order valence-corrected chi connectivity index (χ0v) is 11.7. The SMILES string of the molecule is CCCCCCC(C)NC(C)(CC)CCO. The lowest BCUT2D eigenvalue weighted by molar-refractivity contribution is 0.201. The molecular weight excluding hydrogens is 198 g/mol. The summed E-state index contributed by atoms with van der Waals surface area (Å²) < 4.78 is 0. The van der Waals surface area contributed by atoms with Crippen LogP contribution in [0.4, 0.5) is 0 Å². The highest BCUT2D eigenvalue weighted by Crippen LogP contribution is 2.16. The first-order chi connectivity index (χ1) is 7.58. The Hall–Kier alpha value is -0.0800. The van der Waals surface area contributed by atoms with E-state index in [0.717, 1.165) is 12.8 Å². The molecule has 2 atom stereocenters. The fraction of sp³-hybridized carbons (Fsp3) is 1.00. The second-order valence-electron chi connectivity index (χ2n) is 5.28. The molecule has 2 N–H and O–H groups in total. The lowest BCUT2D eigenvalue weighted by Gasteiger charge is -2.33. The normalized spacial score (nSPS) is 17.1. The summed E-state index contributed by atoms with van der Waals surface area (Å²) in [4.78, 5) is 0. The number of hydrogen-bond acceptors (Lipinski definition) is 2. The number of unbranched alkanes of at least 4 members (excludes halogenated alkanes) is 3. The van der Waals surface area contributed by atoms with Gasteiger partial charge in [-0.15, -0.1) is 0 Å². The van der Waals surface area contributed by atoms with Gasteiger partial charge in [-0.25, -0.2) is 0 Å². The molecule has 0 saturated heterocycles. The van der Waals surface area contributed by atoms with Crippen molar-refractivity contribution in [3.05, 3.63) is 0 Å². The maximum absolute atomic E-state index is 9.05. The van der Waals surface area contributed by atoms with Crippen LogP contribution in [0.15, 0.2) is 0 Å². The third-order valence-corrected chi connectivity index (χ3v) is 3.53. The van der Waals surface area contributed by atoms with E-state index in [9.17, 15) is 0 Å². The molecule has 0 spiro atoms. The highest BCUT2D eigenvalue weighted by molar-refractivity contribution is 4.83. The summed E-state index contributed by atoms with van der Waals surface area (Å²) in [6.07, 6.45) is 8.51. The molecule has 0 aromatic carbocycles. The molecule has 0 aliphatic carbocycles. The standard InChI is InChI=1S/C14H31NO/c1-5-7-8-9-10-13(3)15-14(4,6-2)11-12-16/h13,15-16H,5-12H2,1-4H3. The van der Waals surface area contributed by atoms with E-state index in [1.54, 1.807) is 0 Å². The van der Waals surface area contributed by atoms with Crippen LogP contribution in [0.3, 0.4) is 0 Å². The molecule has 0 aliphatic rings. The predicted octanol–water partition coefficient (Wildman–Crippen LogP) is 3.49. The third-order valence-electron chi connectivity index (χ3n) is 3.53. The molecule has 0 fully saturated rings. The Morgan fingerprint density at radius 2 is 1.88 bits per heavy atom. The van der Waals surface area contributed by atoms with Gasteiger partial charge in [0.05, 0.1) is 0 Å². The Morgan fingerprint density at radius 1 is 1.19 bits per heavy atom. The lowest BCUT2D eigenvalue weighted by Crippen LogP contribution is -2.47. The summed E-state index contributed by atoms with van der Waals surface area (Å²) in [5.74, 6) is 0. The largest absolute Gasteiger partial charge is 0.396 e. The molecule has 2 nitrogen and oxygen atoms in total. The quantitative estimate of drug-likeness (QED) is 0.562. The molecule has 0 heterocycles. The fourth-order valence-electron chi connectivity index (χ4n) is 2.14. The van der Waals surface area contributed by atoms with Crippen molar-refractivity contribution < 1.29 is 5.11 Å². The second-order valence-corrected chi connectivity index (χ2v) is 5.28. The van der Waals surface area contributed by atoms with E-state index < -0.39 is 0 Å². The highest BCUT2D eigenvalue weighted by atomic mass is 16.3. The van der Waals surface area contributed by atoms with E-state index >= 15 is 0 Å². The second kappa shape index (κ2) is 9.00. The summed E-state index contributed by atoms with van der Waals surface area (Å²) >= 11 is 0. The van der Waals surface area contributed by atoms with E-state index in [0.29, 0.717) is 6.04 Å². The van der Waals surface area contributed by atoms with Crippen molar-refractivity contribution in [2.24, 2.45) is 0 Å². The first-order valence-corrected chi connectivity index (χ1v) is 6.96. The van der Waals surface area contributed by atoms with Crippen molar-refractivity contribution >= 4 is 0 Å². The van der Waals surface area contributed by atoms with Gasteiger partial charge in [0.15, 0.2) is 0 Å². The average Bonchev–Trinajstić information content (AvgIpc) is 2.25. The van der Waals surface area contributed by atoms with Crippen LogP contribution in [0.2, 0.25) is 0 Å². The van der Waals surface area contributed by atoms with Crippen molar-refractivity contribution in [3.63, 3.8) is 0 Å². The number of aliphatic hydroxyl groups excluding tert-OH is 1. The van der Waals surface area contributed by atoms with Crippen molar-refractivity contribution in [1.82, 2.24) is 5.32 Å². The molecule has 0 rings (SSSR count). The number of rotatable bonds is 10. The highest BCUT2D eigenvalue weighted by Gasteiger charge is 2.22. The zero-order valence-electron chi connectivity index (χ0n) is 11.7. The van der Waals surface area contributed by atoms with Gasteiger partial charge in [0, 0.05) is 18.2 Å². The van der Waals surface area contributed by atoms with E-state index in [1.807, 2.05) is 0 Å². The van der Waals surface area contributed by atoms with E-state index in [-0.39, 0.29) is 12.1 Å². The van der Waals surface area contributed by atoms with Crippen molar-refractivity contribution in [3.8, 4) is 0 Å². The maximum Gasteiger partial charge on any atom is 0.0448 e. The molecule has 16 heavy (non-hydrogen) atoms. The monoisotopic (exact) mass is 229 g/mol. The first-order valence-electron chi connectivity index (χ1n) is 6.96. The van der Waals surface area contributed by atoms with Crippen LogP contribution < -0.4 is 5.32 Å². The van der Waals surface area contributed by atoms with Crippen molar-refractivity contribution in [2.45, 2.75) is 84.2 Å². The van der Waals surface area contributed by atoms with Gasteiger partial charge in [-0.3, -0.25) is 0 Å². The summed E-state index contributed by atoms with van der Waals surface area (Å²) in [6.45, 7) is 9.19. The van der Waals surface area contributed by atoms with Gasteiger partial charge >= 0.3 is 0 Å². The molecule has 0 bridgehead atoms. The Labute approximate surface area is 102 Å². The number of nitrogens with one attached hydrogen (secondary N) is 1. The average molecular weight is 229 g/mol. The molecule has 0 aliphatic heterocycles. The molecule has 2 unspecified atom stereocenters. The van der Waals surface area contributed by atoms with Crippen LogP contribution in [-0.2, 0) is 0 Å². The number of hydrogen-bond donors (Lipinski definition) is 2. The molecule has 0 amide bonds. The lowest BCUT2D eigenvalue weighted by atomic mass is 9.93. The van der Waals surface area contributed by atoms with E-state index in [1.165, 1.54) is 32.1 Å². The first kappa shape index (κ1) is 15.9. The van der Waals surface area contributed by atoms with Gasteiger partial charge in [-0.05, 0) is 33.1 Å². The topological polar surface area (TPSA) is 32.3 Å². The van der Waals surface area contributed by atoms with Crippen molar-refractivity contribution in [1.29, 1.82) is 0 Å². The van der Waals surface area contributed by atoms with Gasteiger partial charge in [0.2, 0.25) is 0 Å². The smallest absolute Gasteiger partial charge is 0.0448 e. The minimum absolute atomic E-state index is 0.110. The van der Waals surface area contributed by atoms with Crippen LogP contribution in [0.5, 0.6) is 0 Å². The van der Waals surface area contributed by atoms with Crippen LogP contribution in [0.1, 0.15) is 72.6 Å². The minimum Gasteiger partial charge on any atom is -0.396 e. The summed E-state index contributed by atoms with van der Waals surface area (Å²) in [6, 6.07) is 0.563. The summed E-state index contributed by atoms with van der Waals surface area (Å²) in [5.41, 5.74) is 0.110. The molecular formula is C14H31NO. The van der Waals surface area contributed by atoms with E-state index in [2.05, 4.69) is 33.0 Å². The predicted molar refractivity (Wildman–Crippen MR) is 71.8 cm³/mol. The van der Waals surface area contributed by atoms with Gasteiger partial charge in [0.1, 0.15) is 0 Å². The van der Waals surface area contributed by atoms with Crippen LogP contribution >= 0.6 is 0 Å². The van der Waals surface area contributed by atoms with Crippen molar-refractivity contribution in [2.75, 3.05) is 6.61 Å². The Kier molecular flexibility index (Phi) is 8.96. The Balaban J connectivity index is 3.77. The summed E-state index contributed by atoms with van der Waals surface area (Å²) in [7, 11) is 0.